The van der Waals surface area contributed by atoms with E-state index < -0.39 is 16.9 Å². The van der Waals surface area contributed by atoms with Gasteiger partial charge in [0.25, 0.3) is 5.91 Å². The Hall–Kier alpha value is -2.11. The second kappa shape index (κ2) is 9.59. The van der Waals surface area contributed by atoms with Crippen molar-refractivity contribution in [2.24, 2.45) is 0 Å². The number of thiazole rings is 1. The zero-order valence-electron chi connectivity index (χ0n) is 14.9. The number of carbonyl (C=O) groups is 1. The van der Waals surface area contributed by atoms with Crippen LogP contribution in [0.2, 0.25) is 10.3 Å². The van der Waals surface area contributed by atoms with Crippen LogP contribution in [0.25, 0.3) is 0 Å². The van der Waals surface area contributed by atoms with Gasteiger partial charge in [0.15, 0.2) is 0 Å². The van der Waals surface area contributed by atoms with Crippen LogP contribution in [0.1, 0.15) is 37.5 Å². The van der Waals surface area contributed by atoms with Crippen molar-refractivity contribution in [1.82, 2.24) is 25.0 Å². The fourth-order valence-electron chi connectivity index (χ4n) is 2.52. The number of hydrogen-bond acceptors (Lipinski definition) is 7. The number of nitrogens with one attached hydrogen (secondary N) is 2. The van der Waals surface area contributed by atoms with Crippen molar-refractivity contribution in [3.8, 4) is 0 Å². The van der Waals surface area contributed by atoms with Gasteiger partial charge in [0, 0.05) is 22.8 Å². The van der Waals surface area contributed by atoms with Crippen LogP contribution >= 0.6 is 34.5 Å². The molecule has 0 saturated heterocycles. The molecule has 1 amide bonds. The largest absolute Gasteiger partial charge is 0.346 e. The molecule has 0 bridgehead atoms. The summed E-state index contributed by atoms with van der Waals surface area (Å²) in [5.74, 6) is -0.354. The van der Waals surface area contributed by atoms with Crippen molar-refractivity contribution in [2.75, 3.05) is 0 Å². The first kappa shape index (κ1) is 21.6. The molecule has 3 rings (SSSR count). The highest BCUT2D eigenvalue weighted by Gasteiger charge is 2.20. The number of pyridine rings is 2. The first-order valence-corrected chi connectivity index (χ1v) is 11.0. The molecule has 0 aliphatic heterocycles. The molecule has 152 valence electrons. The van der Waals surface area contributed by atoms with Gasteiger partial charge in [0.1, 0.15) is 16.0 Å². The third-order valence-electron chi connectivity index (χ3n) is 3.83. The molecule has 1 atom stereocenters. The van der Waals surface area contributed by atoms with Gasteiger partial charge in [-0.05, 0) is 24.6 Å². The Kier molecular flexibility index (Phi) is 7.14. The van der Waals surface area contributed by atoms with Crippen LogP contribution < -0.4 is 10.0 Å². The van der Waals surface area contributed by atoms with Gasteiger partial charge >= 0.3 is 0 Å². The molecule has 0 spiro atoms. The van der Waals surface area contributed by atoms with E-state index in [1.165, 1.54) is 29.7 Å². The first-order valence-electron chi connectivity index (χ1n) is 8.21. The molecule has 0 aromatic carbocycles. The summed E-state index contributed by atoms with van der Waals surface area (Å²) in [4.78, 5) is 25.4. The fourth-order valence-corrected chi connectivity index (χ4v) is 4.21. The number of thiol groups is 1. The molecule has 0 fully saturated rings. The van der Waals surface area contributed by atoms with Gasteiger partial charge in [-0.25, -0.2) is 23.1 Å². The highest BCUT2D eigenvalue weighted by molar-refractivity contribution is 7.70. The van der Waals surface area contributed by atoms with E-state index >= 15 is 0 Å². The molecule has 3 aromatic rings. The molecule has 3 heterocycles. The topological polar surface area (TPSA) is 114 Å². The molecule has 29 heavy (non-hydrogen) atoms. The zero-order chi connectivity index (χ0) is 21.0. The van der Waals surface area contributed by atoms with Gasteiger partial charge in [-0.2, -0.15) is 0 Å². The van der Waals surface area contributed by atoms with Crippen molar-refractivity contribution in [3.63, 3.8) is 0 Å². The minimum atomic E-state index is -2.94. The highest BCUT2D eigenvalue weighted by Crippen LogP contribution is 2.28. The molecule has 0 aliphatic carbocycles. The van der Waals surface area contributed by atoms with Crippen molar-refractivity contribution < 1.29 is 13.2 Å². The monoisotopic (exact) mass is 471 g/mol. The molecule has 2 N–H and O–H groups in total. The normalized spacial score (nSPS) is 12.1. The van der Waals surface area contributed by atoms with E-state index in [9.17, 15) is 13.2 Å². The van der Waals surface area contributed by atoms with Crippen LogP contribution in [-0.4, -0.2) is 29.3 Å². The lowest BCUT2D eigenvalue weighted by molar-refractivity contribution is 0.0946. The third kappa shape index (κ3) is 5.71. The quantitative estimate of drug-likeness (QED) is 0.360. The number of hydrogen-bond donors (Lipinski definition) is 3. The maximum absolute atomic E-state index is 12.3. The predicted octanol–water partition coefficient (Wildman–Crippen LogP) is 2.68. The summed E-state index contributed by atoms with van der Waals surface area (Å²) in [6.07, 6.45) is 3.12. The van der Waals surface area contributed by atoms with Crippen LogP contribution in [0, 0.1) is 6.92 Å². The second-order valence-corrected chi connectivity index (χ2v) is 8.68. The zero-order valence-corrected chi connectivity index (χ0v) is 18.1. The van der Waals surface area contributed by atoms with Crippen LogP contribution in [0.5, 0.6) is 0 Å². The van der Waals surface area contributed by atoms with Crippen LogP contribution in [0.15, 0.2) is 36.7 Å². The maximum Gasteiger partial charge on any atom is 0.270 e. The van der Waals surface area contributed by atoms with Crippen LogP contribution in [0.4, 0.5) is 0 Å². The molecule has 12 heteroatoms. The summed E-state index contributed by atoms with van der Waals surface area (Å²) < 4.78 is 25.0. The summed E-state index contributed by atoms with van der Waals surface area (Å²) >= 11 is 13.4. The van der Waals surface area contributed by atoms with Crippen LogP contribution in [-0.2, 0) is 17.4 Å². The number of halogens is 2. The molecule has 1 unspecified atom stereocenters. The number of nitrogens with zero attached hydrogens (tertiary/aromatic N) is 3. The molecular weight excluding hydrogens is 457 g/mol. The Labute approximate surface area is 182 Å². The summed E-state index contributed by atoms with van der Waals surface area (Å²) in [6, 6.07) is 5.36. The van der Waals surface area contributed by atoms with Gasteiger partial charge in [-0.3, -0.25) is 9.78 Å². The Balaban J connectivity index is 1.78. The van der Waals surface area contributed by atoms with Gasteiger partial charge in [-0.15, -0.1) is 11.3 Å². The molecule has 0 aliphatic rings. The standard InChI is InChI=1S/C17H15Cl2N5O3S2/c1-9-20-7-11(28-9)8-22-17(25)13-4-2-10(6-21-13)15(24-29(26)27)12-3-5-14(18)23-16(12)19/h2-7,15,29H,8H2,1H3,(H,22,25)(H,24,26,27). The second-order valence-electron chi connectivity index (χ2n) is 5.84. The molecule has 8 nitrogen and oxygen atoms in total. The van der Waals surface area contributed by atoms with E-state index in [0.29, 0.717) is 17.7 Å². The Morgan fingerprint density at radius 1 is 1.17 bits per heavy atom. The van der Waals surface area contributed by atoms with Gasteiger partial charge in [0.05, 0.1) is 17.6 Å². The van der Waals surface area contributed by atoms with E-state index in [1.807, 2.05) is 6.92 Å². The molecule has 0 radical (unpaired) electrons. The fraction of sp³-hybridized carbons (Fsp3) is 0.176. The summed E-state index contributed by atoms with van der Waals surface area (Å²) in [5, 5.41) is 3.94. The maximum atomic E-state index is 12.3. The predicted molar refractivity (Wildman–Crippen MR) is 112 cm³/mol. The lowest BCUT2D eigenvalue weighted by Gasteiger charge is -2.17. The minimum Gasteiger partial charge on any atom is -0.346 e. The van der Waals surface area contributed by atoms with E-state index in [4.69, 9.17) is 23.2 Å². The Morgan fingerprint density at radius 3 is 2.55 bits per heavy atom. The number of amides is 1. The summed E-state index contributed by atoms with van der Waals surface area (Å²) in [7, 11) is -2.94. The Morgan fingerprint density at radius 2 is 1.97 bits per heavy atom. The average Bonchev–Trinajstić information content (AvgIpc) is 3.10. The van der Waals surface area contributed by atoms with Gasteiger partial charge in [-0.1, -0.05) is 35.3 Å². The number of aryl methyl sites for hydroxylation is 1. The number of carbonyl (C=O) groups excluding carboxylic acids is 1. The van der Waals surface area contributed by atoms with Crippen molar-refractivity contribution >= 4 is 51.3 Å². The van der Waals surface area contributed by atoms with Crippen molar-refractivity contribution in [1.29, 1.82) is 0 Å². The highest BCUT2D eigenvalue weighted by atomic mass is 35.5. The number of rotatable bonds is 7. The first-order chi connectivity index (χ1) is 13.8. The van der Waals surface area contributed by atoms with E-state index in [1.54, 1.807) is 18.3 Å². The van der Waals surface area contributed by atoms with E-state index in [-0.39, 0.29) is 21.9 Å². The number of aromatic nitrogens is 3. The van der Waals surface area contributed by atoms with Gasteiger partial charge in [0.2, 0.25) is 10.9 Å². The van der Waals surface area contributed by atoms with Crippen molar-refractivity contribution in [2.45, 2.75) is 19.5 Å². The SMILES string of the molecule is Cc1ncc(CNC(=O)c2ccc(C(N[SH](=O)=O)c3ccc(Cl)nc3Cl)cn2)s1. The third-order valence-corrected chi connectivity index (χ3v) is 5.73. The van der Waals surface area contributed by atoms with Crippen LogP contribution in [0.3, 0.4) is 0 Å². The summed E-state index contributed by atoms with van der Waals surface area (Å²) in [6.45, 7) is 2.24. The summed E-state index contributed by atoms with van der Waals surface area (Å²) in [5.41, 5.74) is 1.10. The molecule has 0 saturated carbocycles. The van der Waals surface area contributed by atoms with E-state index in [0.717, 1.165) is 9.88 Å². The van der Waals surface area contributed by atoms with Crippen molar-refractivity contribution in [3.05, 3.63) is 73.7 Å². The average molecular weight is 472 g/mol. The van der Waals surface area contributed by atoms with E-state index in [2.05, 4.69) is 25.0 Å². The lowest BCUT2D eigenvalue weighted by atomic mass is 10.0. The Bertz CT molecular complexity index is 1090. The molecule has 3 aromatic heterocycles. The minimum absolute atomic E-state index is 0.0634. The van der Waals surface area contributed by atoms with Gasteiger partial charge < -0.3 is 5.32 Å². The lowest BCUT2D eigenvalue weighted by Crippen LogP contribution is -2.24. The molecular formula is C17H15Cl2N5O3S2. The smallest absolute Gasteiger partial charge is 0.270 e.